The molecule has 0 atom stereocenters. The Bertz CT molecular complexity index is 661. The van der Waals surface area contributed by atoms with Crippen LogP contribution in [0.3, 0.4) is 0 Å². The number of thioether (sulfide) groups is 8. The van der Waals surface area contributed by atoms with E-state index in [-0.39, 0.29) is 0 Å². The third-order valence-electron chi connectivity index (χ3n) is 4.14. The first-order valence-corrected chi connectivity index (χ1v) is 19.0. The first-order chi connectivity index (χ1) is 17.7. The van der Waals surface area contributed by atoms with Gasteiger partial charge in [-0.15, -0.1) is 47.0 Å². The van der Waals surface area contributed by atoms with E-state index in [0.717, 1.165) is 24.7 Å². The molecule has 2 aliphatic heterocycles. The molecule has 208 valence electrons. The van der Waals surface area contributed by atoms with Crippen LogP contribution in [-0.4, -0.2) is 104 Å². The zero-order valence-corrected chi connectivity index (χ0v) is 27.7. The highest BCUT2D eigenvalue weighted by Crippen LogP contribution is 2.65. The van der Waals surface area contributed by atoms with Crippen LogP contribution in [0.25, 0.3) is 0 Å². The molecule has 0 aliphatic carbocycles. The van der Waals surface area contributed by atoms with Crippen molar-refractivity contribution in [2.75, 3.05) is 104 Å². The molecule has 0 aromatic heterocycles. The molecular weight excluding hydrogens is 617 g/mol. The predicted octanol–water partition coefficient (Wildman–Crippen LogP) is 6.88. The maximum Gasteiger partial charge on any atom is 0.0717 e. The molecule has 0 unspecified atom stereocenters. The summed E-state index contributed by atoms with van der Waals surface area (Å²) in [6.45, 7) is 6.41. The second-order valence-corrected chi connectivity index (χ2v) is 16.1. The van der Waals surface area contributed by atoms with E-state index in [0.29, 0.717) is 52.9 Å². The van der Waals surface area contributed by atoms with E-state index in [1.54, 1.807) is 14.2 Å². The summed E-state index contributed by atoms with van der Waals surface area (Å²) >= 11 is 15.1. The van der Waals surface area contributed by atoms with Crippen LogP contribution >= 0.6 is 94.1 Å². The fraction of sp³-hybridized carbons (Fsp3) is 0.727. The lowest BCUT2D eigenvalue weighted by Gasteiger charge is -2.06. The number of hydrogen-bond donors (Lipinski definition) is 0. The van der Waals surface area contributed by atoms with Gasteiger partial charge in [-0.1, -0.05) is 47.0 Å². The number of rotatable bonds is 22. The fourth-order valence-electron chi connectivity index (χ4n) is 2.45. The lowest BCUT2D eigenvalue weighted by atomic mass is 10.7. The lowest BCUT2D eigenvalue weighted by Crippen LogP contribution is -2.09. The van der Waals surface area contributed by atoms with Crippen molar-refractivity contribution in [2.24, 2.45) is 0 Å². The lowest BCUT2D eigenvalue weighted by molar-refractivity contribution is 0.0286. The van der Waals surface area contributed by atoms with Crippen LogP contribution in [0, 0.1) is 0 Å². The molecule has 2 rings (SSSR count). The molecule has 6 nitrogen and oxygen atoms in total. The Hall–Kier alpha value is 1.78. The smallest absolute Gasteiger partial charge is 0.0717 e. The van der Waals surface area contributed by atoms with Crippen molar-refractivity contribution in [3.05, 3.63) is 25.4 Å². The van der Waals surface area contributed by atoms with Gasteiger partial charge in [0.15, 0.2) is 0 Å². The molecule has 0 bridgehead atoms. The van der Waals surface area contributed by atoms with Gasteiger partial charge in [-0.2, -0.15) is 0 Å². The summed E-state index contributed by atoms with van der Waals surface area (Å²) in [4.78, 5) is 0. The molecule has 2 aliphatic rings. The number of methoxy groups -OCH3 is 2. The summed E-state index contributed by atoms with van der Waals surface area (Å²) in [5, 5.41) is 0. The Morgan fingerprint density at radius 1 is 0.472 bits per heavy atom. The summed E-state index contributed by atoms with van der Waals surface area (Å²) in [6.07, 6.45) is 4.32. The Labute approximate surface area is 250 Å². The average molecular weight is 653 g/mol. The van der Waals surface area contributed by atoms with Crippen LogP contribution in [0.1, 0.15) is 0 Å². The van der Waals surface area contributed by atoms with Gasteiger partial charge in [0.1, 0.15) is 0 Å². The first kappa shape index (κ1) is 34.0. The molecule has 0 radical (unpaired) electrons. The van der Waals surface area contributed by atoms with Crippen LogP contribution in [0.15, 0.2) is 25.4 Å². The van der Waals surface area contributed by atoms with Crippen LogP contribution in [0.2, 0.25) is 0 Å². The Balaban J connectivity index is 1.67. The highest BCUT2D eigenvalue weighted by Gasteiger charge is 2.30. The van der Waals surface area contributed by atoms with E-state index in [4.69, 9.17) is 28.4 Å². The normalized spacial score (nSPS) is 18.3. The quantitative estimate of drug-likeness (QED) is 0.114. The van der Waals surface area contributed by atoms with Gasteiger partial charge in [-0.05, 0) is 12.5 Å². The van der Waals surface area contributed by atoms with E-state index < -0.39 is 0 Å². The summed E-state index contributed by atoms with van der Waals surface area (Å²) in [7, 11) is 3.36. The molecule has 0 amide bonds. The van der Waals surface area contributed by atoms with Crippen molar-refractivity contribution in [3.8, 4) is 0 Å². The minimum absolute atomic E-state index is 0.614. The molecule has 0 aromatic carbocycles. The van der Waals surface area contributed by atoms with Crippen LogP contribution in [0.5, 0.6) is 0 Å². The Morgan fingerprint density at radius 2 is 0.806 bits per heavy atom. The zero-order chi connectivity index (χ0) is 25.8. The first-order valence-electron chi connectivity index (χ1n) is 11.3. The molecule has 0 saturated carbocycles. The molecule has 0 fully saturated rings. The van der Waals surface area contributed by atoms with Gasteiger partial charge in [0.2, 0.25) is 0 Å². The molecular formula is C22H36O6S8. The fourth-order valence-corrected chi connectivity index (χ4v) is 13.4. The summed E-state index contributed by atoms with van der Waals surface area (Å²) < 4.78 is 40.6. The van der Waals surface area contributed by atoms with Crippen molar-refractivity contribution >= 4 is 94.1 Å². The maximum atomic E-state index is 5.71. The molecule has 0 aromatic rings. The Morgan fingerprint density at radius 3 is 1.17 bits per heavy atom. The minimum atomic E-state index is 0.614. The monoisotopic (exact) mass is 652 g/mol. The van der Waals surface area contributed by atoms with Gasteiger partial charge in [0.25, 0.3) is 0 Å². The highest BCUT2D eigenvalue weighted by molar-refractivity contribution is 8.45. The largest absolute Gasteiger partial charge is 0.382 e. The summed E-state index contributed by atoms with van der Waals surface area (Å²) in [5.41, 5.74) is 0. The van der Waals surface area contributed by atoms with Gasteiger partial charge >= 0.3 is 0 Å². The van der Waals surface area contributed by atoms with E-state index in [9.17, 15) is 0 Å². The average Bonchev–Trinajstić information content (AvgIpc) is 3.50. The van der Waals surface area contributed by atoms with Crippen molar-refractivity contribution in [1.29, 1.82) is 0 Å². The van der Waals surface area contributed by atoms with Crippen LogP contribution in [0.4, 0.5) is 0 Å². The van der Waals surface area contributed by atoms with Gasteiger partial charge in [0.05, 0.1) is 91.5 Å². The predicted molar refractivity (Wildman–Crippen MR) is 170 cm³/mol. The van der Waals surface area contributed by atoms with Crippen LogP contribution < -0.4 is 0 Å². The topological polar surface area (TPSA) is 55.4 Å². The minimum Gasteiger partial charge on any atom is -0.382 e. The van der Waals surface area contributed by atoms with Crippen LogP contribution in [-0.2, 0) is 28.4 Å². The number of hydrogen-bond acceptors (Lipinski definition) is 14. The standard InChI is InChI=1S/C22H36O6S8/c1-23-5-7-25-9-11-27-13-15-31-19-17(29-3)33-21(35-19)22-34-18(30-4)20(36-22)32-16-14-28-12-10-26-8-6-24-2/h5-16H2,1-4H3/b22-21+. The van der Waals surface area contributed by atoms with E-state index in [1.807, 2.05) is 94.1 Å². The van der Waals surface area contributed by atoms with E-state index in [1.165, 1.54) is 25.4 Å². The summed E-state index contributed by atoms with van der Waals surface area (Å²) in [6, 6.07) is 0. The SMILES string of the molecule is COCCOCCOCCSC1=C(SC)S/C(=C2/SC(SC)=C(SCCOCCOCCOC)S2)S1. The second-order valence-electron chi connectivity index (χ2n) is 6.67. The third-order valence-corrected chi connectivity index (χ3v) is 15.3. The van der Waals surface area contributed by atoms with Crippen molar-refractivity contribution < 1.29 is 28.4 Å². The molecule has 2 heterocycles. The Kier molecular flexibility index (Phi) is 21.2. The second kappa shape index (κ2) is 22.5. The maximum absolute atomic E-state index is 5.71. The van der Waals surface area contributed by atoms with E-state index in [2.05, 4.69) is 12.5 Å². The van der Waals surface area contributed by atoms with Crippen molar-refractivity contribution in [3.63, 3.8) is 0 Å². The molecule has 0 N–H and O–H groups in total. The summed E-state index contributed by atoms with van der Waals surface area (Å²) in [5.74, 6) is 1.89. The van der Waals surface area contributed by atoms with Gasteiger partial charge in [-0.3, -0.25) is 0 Å². The van der Waals surface area contributed by atoms with Gasteiger partial charge in [-0.25, -0.2) is 0 Å². The highest BCUT2D eigenvalue weighted by atomic mass is 32.3. The zero-order valence-electron chi connectivity index (χ0n) is 21.2. The number of ether oxygens (including phenoxy) is 6. The van der Waals surface area contributed by atoms with Gasteiger partial charge < -0.3 is 28.4 Å². The van der Waals surface area contributed by atoms with Crippen molar-refractivity contribution in [1.82, 2.24) is 0 Å². The van der Waals surface area contributed by atoms with E-state index >= 15 is 0 Å². The molecule has 14 heteroatoms. The molecule has 0 saturated heterocycles. The van der Waals surface area contributed by atoms with Gasteiger partial charge in [0, 0.05) is 25.7 Å². The molecule has 36 heavy (non-hydrogen) atoms. The van der Waals surface area contributed by atoms with Crippen molar-refractivity contribution in [2.45, 2.75) is 0 Å². The third kappa shape index (κ3) is 13.9. The molecule has 0 spiro atoms.